The number of aromatic nitrogens is 4. The fourth-order valence-electron chi connectivity index (χ4n) is 2.25. The summed E-state index contributed by atoms with van der Waals surface area (Å²) in [4.78, 5) is 23.1. The van der Waals surface area contributed by atoms with Gasteiger partial charge in [0.25, 0.3) is 0 Å². The van der Waals surface area contributed by atoms with E-state index in [0.29, 0.717) is 5.95 Å². The first kappa shape index (κ1) is 12.2. The Balaban J connectivity index is 2.03. The quantitative estimate of drug-likeness (QED) is 0.831. The van der Waals surface area contributed by atoms with Crippen LogP contribution in [0.4, 0.5) is 11.8 Å². The Kier molecular flexibility index (Phi) is 2.98. The van der Waals surface area contributed by atoms with Crippen LogP contribution in [0.25, 0.3) is 11.2 Å². The summed E-state index contributed by atoms with van der Waals surface area (Å²) < 4.78 is 0. The van der Waals surface area contributed by atoms with E-state index in [-0.39, 0.29) is 0 Å². The van der Waals surface area contributed by atoms with E-state index in [1.165, 1.54) is 0 Å². The summed E-state index contributed by atoms with van der Waals surface area (Å²) in [7, 11) is 6.04. The van der Waals surface area contributed by atoms with Crippen LogP contribution in [0.3, 0.4) is 0 Å². The molecule has 2 aromatic heterocycles. The molecule has 0 unspecified atom stereocenters. The highest BCUT2D eigenvalue weighted by molar-refractivity contribution is 5.84. The molecule has 2 aromatic rings. The van der Waals surface area contributed by atoms with Crippen molar-refractivity contribution in [3.63, 3.8) is 0 Å². The van der Waals surface area contributed by atoms with Gasteiger partial charge in [-0.2, -0.15) is 9.97 Å². The lowest BCUT2D eigenvalue weighted by Gasteiger charge is -2.33. The number of anilines is 2. The number of hydrogen-bond acceptors (Lipinski definition) is 6. The summed E-state index contributed by atoms with van der Waals surface area (Å²) in [6.45, 7) is 4.07. The second-order valence-electron chi connectivity index (χ2n) is 5.13. The molecule has 102 valence electrons. The molecule has 1 saturated heterocycles. The minimum atomic E-state index is 0.702. The first-order valence-electron chi connectivity index (χ1n) is 6.47. The van der Waals surface area contributed by atoms with Crippen molar-refractivity contribution in [2.75, 3.05) is 57.1 Å². The van der Waals surface area contributed by atoms with Crippen LogP contribution in [-0.2, 0) is 0 Å². The standard InChI is InChI=1S/C12H19N7/c1-17(2)12-15-10-9(13-8-14-10)11(16-12)19-6-4-18(3)5-7-19/h8H,4-7H2,1-3H3,(H,13,14,15,16). The zero-order chi connectivity index (χ0) is 13.4. The Morgan fingerprint density at radius 3 is 2.58 bits per heavy atom. The average molecular weight is 261 g/mol. The lowest BCUT2D eigenvalue weighted by Crippen LogP contribution is -2.45. The third-order valence-corrected chi connectivity index (χ3v) is 3.46. The van der Waals surface area contributed by atoms with E-state index in [2.05, 4.69) is 36.8 Å². The number of likely N-dealkylation sites (N-methyl/N-ethyl adjacent to an activating group) is 1. The second-order valence-corrected chi connectivity index (χ2v) is 5.13. The third-order valence-electron chi connectivity index (χ3n) is 3.46. The summed E-state index contributed by atoms with van der Waals surface area (Å²) in [5.41, 5.74) is 1.66. The van der Waals surface area contributed by atoms with E-state index >= 15 is 0 Å². The van der Waals surface area contributed by atoms with Crippen molar-refractivity contribution >= 4 is 22.9 Å². The van der Waals surface area contributed by atoms with Gasteiger partial charge in [-0.05, 0) is 7.05 Å². The molecule has 1 N–H and O–H groups in total. The first-order chi connectivity index (χ1) is 9.15. The van der Waals surface area contributed by atoms with Gasteiger partial charge in [0.15, 0.2) is 11.5 Å². The molecule has 1 aliphatic rings. The van der Waals surface area contributed by atoms with E-state index in [1.54, 1.807) is 6.33 Å². The zero-order valence-electron chi connectivity index (χ0n) is 11.6. The predicted molar refractivity (Wildman–Crippen MR) is 75.7 cm³/mol. The van der Waals surface area contributed by atoms with Gasteiger partial charge in [0.1, 0.15) is 5.52 Å². The zero-order valence-corrected chi connectivity index (χ0v) is 11.6. The Labute approximate surface area is 112 Å². The molecular formula is C12H19N7. The predicted octanol–water partition coefficient (Wildman–Crippen LogP) is 0.171. The van der Waals surface area contributed by atoms with Crippen molar-refractivity contribution in [1.82, 2.24) is 24.8 Å². The van der Waals surface area contributed by atoms with Gasteiger partial charge >= 0.3 is 0 Å². The van der Waals surface area contributed by atoms with E-state index in [4.69, 9.17) is 0 Å². The smallest absolute Gasteiger partial charge is 0.228 e. The monoisotopic (exact) mass is 261 g/mol. The molecule has 0 amide bonds. The molecule has 1 fully saturated rings. The number of H-pyrrole nitrogens is 1. The SMILES string of the molecule is CN1CCN(c2nc(N(C)C)nc3nc[nH]c23)CC1. The van der Waals surface area contributed by atoms with Gasteiger partial charge in [0.05, 0.1) is 6.33 Å². The molecule has 0 bridgehead atoms. The number of rotatable bonds is 2. The lowest BCUT2D eigenvalue weighted by atomic mass is 10.3. The van der Waals surface area contributed by atoms with E-state index in [0.717, 1.165) is 43.2 Å². The molecule has 0 aromatic carbocycles. The fraction of sp³-hybridized carbons (Fsp3) is 0.583. The molecule has 0 saturated carbocycles. The summed E-state index contributed by atoms with van der Waals surface area (Å²) in [6, 6.07) is 0. The Morgan fingerprint density at radius 1 is 1.16 bits per heavy atom. The largest absolute Gasteiger partial charge is 0.352 e. The van der Waals surface area contributed by atoms with Crippen LogP contribution in [0.15, 0.2) is 6.33 Å². The van der Waals surface area contributed by atoms with Crippen LogP contribution in [0.2, 0.25) is 0 Å². The molecule has 0 spiro atoms. The number of nitrogens with zero attached hydrogens (tertiary/aromatic N) is 6. The van der Waals surface area contributed by atoms with E-state index < -0.39 is 0 Å². The van der Waals surface area contributed by atoms with E-state index in [9.17, 15) is 0 Å². The van der Waals surface area contributed by atoms with Crippen molar-refractivity contribution in [2.45, 2.75) is 0 Å². The van der Waals surface area contributed by atoms with Crippen molar-refractivity contribution in [2.24, 2.45) is 0 Å². The van der Waals surface area contributed by atoms with Gasteiger partial charge < -0.3 is 19.7 Å². The maximum Gasteiger partial charge on any atom is 0.228 e. The van der Waals surface area contributed by atoms with Crippen LogP contribution in [0.5, 0.6) is 0 Å². The van der Waals surface area contributed by atoms with Crippen molar-refractivity contribution in [3.05, 3.63) is 6.33 Å². The number of fused-ring (bicyclic) bond motifs is 1. The summed E-state index contributed by atoms with van der Waals surface area (Å²) in [5, 5.41) is 0. The van der Waals surface area contributed by atoms with Crippen molar-refractivity contribution in [3.8, 4) is 0 Å². The fourth-order valence-corrected chi connectivity index (χ4v) is 2.25. The van der Waals surface area contributed by atoms with Gasteiger partial charge in [0, 0.05) is 40.3 Å². The molecule has 7 heteroatoms. The number of piperazine rings is 1. The normalized spacial score (nSPS) is 17.1. The lowest BCUT2D eigenvalue weighted by molar-refractivity contribution is 0.312. The van der Waals surface area contributed by atoms with Crippen LogP contribution >= 0.6 is 0 Å². The molecule has 0 aliphatic carbocycles. The Bertz CT molecular complexity index is 568. The highest BCUT2D eigenvalue weighted by Gasteiger charge is 2.20. The third kappa shape index (κ3) is 2.21. The highest BCUT2D eigenvalue weighted by Crippen LogP contribution is 2.24. The van der Waals surface area contributed by atoms with Gasteiger partial charge in [-0.3, -0.25) is 0 Å². The Morgan fingerprint density at radius 2 is 1.89 bits per heavy atom. The molecule has 3 heterocycles. The first-order valence-corrected chi connectivity index (χ1v) is 6.47. The average Bonchev–Trinajstić information content (AvgIpc) is 2.86. The van der Waals surface area contributed by atoms with Crippen LogP contribution in [0, 0.1) is 0 Å². The van der Waals surface area contributed by atoms with Gasteiger partial charge in [-0.1, -0.05) is 0 Å². The molecule has 3 rings (SSSR count). The number of nitrogens with one attached hydrogen (secondary N) is 1. The molecule has 0 atom stereocenters. The maximum atomic E-state index is 4.67. The van der Waals surface area contributed by atoms with Gasteiger partial charge in [-0.25, -0.2) is 4.98 Å². The van der Waals surface area contributed by atoms with Crippen molar-refractivity contribution < 1.29 is 0 Å². The molecule has 0 radical (unpaired) electrons. The maximum absolute atomic E-state index is 4.67. The molecule has 1 aliphatic heterocycles. The number of imidazole rings is 1. The summed E-state index contributed by atoms with van der Waals surface area (Å²) >= 11 is 0. The van der Waals surface area contributed by atoms with Crippen LogP contribution in [-0.4, -0.2) is 72.2 Å². The number of aromatic amines is 1. The van der Waals surface area contributed by atoms with Crippen LogP contribution < -0.4 is 9.80 Å². The summed E-state index contributed by atoms with van der Waals surface area (Å²) in [5.74, 6) is 1.66. The summed E-state index contributed by atoms with van der Waals surface area (Å²) in [6.07, 6.45) is 1.68. The topological polar surface area (TPSA) is 64.2 Å². The van der Waals surface area contributed by atoms with Crippen LogP contribution in [0.1, 0.15) is 0 Å². The van der Waals surface area contributed by atoms with Gasteiger partial charge in [-0.15, -0.1) is 0 Å². The van der Waals surface area contributed by atoms with E-state index in [1.807, 2.05) is 19.0 Å². The molecular weight excluding hydrogens is 242 g/mol. The van der Waals surface area contributed by atoms with Crippen molar-refractivity contribution in [1.29, 1.82) is 0 Å². The highest BCUT2D eigenvalue weighted by atomic mass is 15.3. The minimum absolute atomic E-state index is 0.702. The Hall–Kier alpha value is -1.89. The van der Waals surface area contributed by atoms with Gasteiger partial charge in [0.2, 0.25) is 5.95 Å². The minimum Gasteiger partial charge on any atom is -0.352 e. The number of hydrogen-bond donors (Lipinski definition) is 1. The molecule has 19 heavy (non-hydrogen) atoms. The molecule has 7 nitrogen and oxygen atoms in total. The second kappa shape index (κ2) is 4.65.